The van der Waals surface area contributed by atoms with Crippen molar-refractivity contribution in [3.63, 3.8) is 0 Å². The van der Waals surface area contributed by atoms with Gasteiger partial charge in [-0.05, 0) is 45.1 Å². The fourth-order valence-corrected chi connectivity index (χ4v) is 3.34. The topological polar surface area (TPSA) is 39.7 Å². The standard InChI is InChI=1S/C16H31NO3/c1-4-9-19-16-14(17-5-2)11-15(16)20-13-8-6-7-12(10-13)18-3/h12-17H,4-11H2,1-3H3. The van der Waals surface area contributed by atoms with Crippen molar-refractivity contribution in [2.24, 2.45) is 0 Å². The van der Waals surface area contributed by atoms with Crippen molar-refractivity contribution in [3.8, 4) is 0 Å². The number of likely N-dealkylation sites (N-methyl/N-ethyl adjacent to an activating group) is 1. The lowest BCUT2D eigenvalue weighted by Crippen LogP contribution is -2.61. The molecule has 2 saturated carbocycles. The number of hydrogen-bond donors (Lipinski definition) is 1. The lowest BCUT2D eigenvalue weighted by atomic mass is 9.84. The van der Waals surface area contributed by atoms with Crippen molar-refractivity contribution in [2.45, 2.75) is 82.8 Å². The van der Waals surface area contributed by atoms with Gasteiger partial charge < -0.3 is 19.5 Å². The van der Waals surface area contributed by atoms with Crippen LogP contribution in [0.25, 0.3) is 0 Å². The minimum Gasteiger partial charge on any atom is -0.381 e. The Hall–Kier alpha value is -0.160. The van der Waals surface area contributed by atoms with Crippen molar-refractivity contribution in [3.05, 3.63) is 0 Å². The summed E-state index contributed by atoms with van der Waals surface area (Å²) in [6, 6.07) is 0.471. The SMILES string of the molecule is CCCOC1C(NCC)CC1OC1CCCC(OC)C1. The second-order valence-electron chi connectivity index (χ2n) is 6.06. The van der Waals surface area contributed by atoms with Gasteiger partial charge in [0.05, 0.1) is 24.4 Å². The third kappa shape index (κ3) is 4.17. The van der Waals surface area contributed by atoms with Crippen LogP contribution in [-0.2, 0) is 14.2 Å². The summed E-state index contributed by atoms with van der Waals surface area (Å²) in [6.07, 6.45) is 7.99. The zero-order valence-electron chi connectivity index (χ0n) is 13.3. The van der Waals surface area contributed by atoms with E-state index in [1.54, 1.807) is 0 Å². The summed E-state index contributed by atoms with van der Waals surface area (Å²) in [5.41, 5.74) is 0. The summed E-state index contributed by atoms with van der Waals surface area (Å²) in [7, 11) is 1.81. The molecular formula is C16H31NO3. The molecule has 2 fully saturated rings. The molecule has 2 rings (SSSR count). The van der Waals surface area contributed by atoms with E-state index >= 15 is 0 Å². The zero-order valence-corrected chi connectivity index (χ0v) is 13.3. The van der Waals surface area contributed by atoms with Gasteiger partial charge >= 0.3 is 0 Å². The van der Waals surface area contributed by atoms with E-state index in [4.69, 9.17) is 14.2 Å². The largest absolute Gasteiger partial charge is 0.381 e. The minimum atomic E-state index is 0.234. The van der Waals surface area contributed by atoms with Crippen LogP contribution in [0.4, 0.5) is 0 Å². The van der Waals surface area contributed by atoms with Crippen LogP contribution in [-0.4, -0.2) is 50.7 Å². The van der Waals surface area contributed by atoms with Gasteiger partial charge in [-0.2, -0.15) is 0 Å². The van der Waals surface area contributed by atoms with Crippen LogP contribution in [0.15, 0.2) is 0 Å². The Morgan fingerprint density at radius 1 is 1.10 bits per heavy atom. The molecule has 20 heavy (non-hydrogen) atoms. The quantitative estimate of drug-likeness (QED) is 0.744. The van der Waals surface area contributed by atoms with Crippen LogP contribution in [0.5, 0.6) is 0 Å². The van der Waals surface area contributed by atoms with Gasteiger partial charge in [-0.1, -0.05) is 13.8 Å². The second-order valence-corrected chi connectivity index (χ2v) is 6.06. The van der Waals surface area contributed by atoms with Gasteiger partial charge in [0.1, 0.15) is 0 Å². The van der Waals surface area contributed by atoms with Gasteiger partial charge in [-0.3, -0.25) is 0 Å². The highest BCUT2D eigenvalue weighted by Gasteiger charge is 2.43. The molecular weight excluding hydrogens is 254 g/mol. The lowest BCUT2D eigenvalue weighted by Gasteiger charge is -2.46. The maximum Gasteiger partial charge on any atom is 0.0990 e. The molecule has 0 saturated heterocycles. The third-order valence-corrected chi connectivity index (χ3v) is 4.51. The molecule has 0 aromatic carbocycles. The lowest BCUT2D eigenvalue weighted by molar-refractivity contribution is -0.178. The molecule has 1 N–H and O–H groups in total. The Kier molecular flexibility index (Phi) is 6.75. The molecule has 2 aliphatic carbocycles. The Bertz CT molecular complexity index is 274. The van der Waals surface area contributed by atoms with Crippen molar-refractivity contribution in [1.82, 2.24) is 5.32 Å². The molecule has 0 bridgehead atoms. The Balaban J connectivity index is 1.78. The highest BCUT2D eigenvalue weighted by Crippen LogP contribution is 2.32. The molecule has 0 aromatic heterocycles. The first kappa shape index (κ1) is 16.2. The van der Waals surface area contributed by atoms with E-state index in [-0.39, 0.29) is 12.2 Å². The van der Waals surface area contributed by atoms with Gasteiger partial charge in [-0.15, -0.1) is 0 Å². The summed E-state index contributed by atoms with van der Waals surface area (Å²) >= 11 is 0. The molecule has 0 aliphatic heterocycles. The number of ether oxygens (including phenoxy) is 3. The van der Waals surface area contributed by atoms with Gasteiger partial charge in [-0.25, -0.2) is 0 Å². The Morgan fingerprint density at radius 3 is 2.60 bits per heavy atom. The number of hydrogen-bond acceptors (Lipinski definition) is 4. The molecule has 4 nitrogen and oxygen atoms in total. The summed E-state index contributed by atoms with van der Waals surface area (Å²) in [5, 5.41) is 3.50. The molecule has 0 aromatic rings. The Morgan fingerprint density at radius 2 is 1.90 bits per heavy atom. The van der Waals surface area contributed by atoms with E-state index in [1.165, 1.54) is 19.3 Å². The van der Waals surface area contributed by atoms with E-state index in [9.17, 15) is 0 Å². The fourth-order valence-electron chi connectivity index (χ4n) is 3.34. The summed E-state index contributed by atoms with van der Waals surface area (Å²) in [4.78, 5) is 0. The number of nitrogens with one attached hydrogen (secondary N) is 1. The van der Waals surface area contributed by atoms with Crippen LogP contribution in [0.2, 0.25) is 0 Å². The predicted molar refractivity (Wildman–Crippen MR) is 80.0 cm³/mol. The third-order valence-electron chi connectivity index (χ3n) is 4.51. The van der Waals surface area contributed by atoms with Crippen LogP contribution in [0.1, 0.15) is 52.4 Å². The second kappa shape index (κ2) is 8.32. The molecule has 0 amide bonds. The van der Waals surface area contributed by atoms with Crippen molar-refractivity contribution < 1.29 is 14.2 Å². The zero-order chi connectivity index (χ0) is 14.4. The molecule has 0 heterocycles. The van der Waals surface area contributed by atoms with E-state index in [0.29, 0.717) is 18.2 Å². The monoisotopic (exact) mass is 285 g/mol. The van der Waals surface area contributed by atoms with Crippen molar-refractivity contribution in [2.75, 3.05) is 20.3 Å². The molecule has 5 unspecified atom stereocenters. The van der Waals surface area contributed by atoms with Gasteiger partial charge in [0, 0.05) is 19.8 Å². The van der Waals surface area contributed by atoms with E-state index < -0.39 is 0 Å². The molecule has 0 spiro atoms. The molecule has 2 aliphatic rings. The molecule has 118 valence electrons. The first-order valence-electron chi connectivity index (χ1n) is 8.31. The van der Waals surface area contributed by atoms with Crippen LogP contribution in [0.3, 0.4) is 0 Å². The fraction of sp³-hybridized carbons (Fsp3) is 1.00. The summed E-state index contributed by atoms with van der Waals surface area (Å²) < 4.78 is 17.8. The summed E-state index contributed by atoms with van der Waals surface area (Å²) in [5.74, 6) is 0. The normalized spacial score (nSPS) is 37.6. The molecule has 5 atom stereocenters. The maximum atomic E-state index is 6.30. The number of methoxy groups -OCH3 is 1. The highest BCUT2D eigenvalue weighted by atomic mass is 16.6. The van der Waals surface area contributed by atoms with E-state index in [1.807, 2.05) is 7.11 Å². The molecule has 4 heteroatoms. The average molecular weight is 285 g/mol. The number of rotatable bonds is 8. The first-order valence-corrected chi connectivity index (χ1v) is 8.31. The summed E-state index contributed by atoms with van der Waals surface area (Å²) in [6.45, 7) is 6.13. The average Bonchev–Trinajstić information content (AvgIpc) is 2.46. The van der Waals surface area contributed by atoms with Gasteiger partial charge in [0.2, 0.25) is 0 Å². The maximum absolute atomic E-state index is 6.30. The van der Waals surface area contributed by atoms with Crippen LogP contribution >= 0.6 is 0 Å². The highest BCUT2D eigenvalue weighted by molar-refractivity contribution is 4.98. The minimum absolute atomic E-state index is 0.234. The van der Waals surface area contributed by atoms with Gasteiger partial charge in [0.25, 0.3) is 0 Å². The van der Waals surface area contributed by atoms with Gasteiger partial charge in [0.15, 0.2) is 0 Å². The predicted octanol–water partition coefficient (Wildman–Crippen LogP) is 2.51. The first-order chi connectivity index (χ1) is 9.78. The smallest absolute Gasteiger partial charge is 0.0990 e. The Labute approximate surface area is 123 Å². The van der Waals surface area contributed by atoms with Crippen LogP contribution < -0.4 is 5.32 Å². The van der Waals surface area contributed by atoms with E-state index in [2.05, 4.69) is 19.2 Å². The van der Waals surface area contributed by atoms with Crippen molar-refractivity contribution in [1.29, 1.82) is 0 Å². The van der Waals surface area contributed by atoms with Crippen LogP contribution in [0, 0.1) is 0 Å². The molecule has 0 radical (unpaired) electrons. The van der Waals surface area contributed by atoms with Crippen molar-refractivity contribution >= 4 is 0 Å². The van der Waals surface area contributed by atoms with E-state index in [0.717, 1.165) is 32.4 Å².